The molecule has 3 rings (SSSR count). The van der Waals surface area contributed by atoms with Crippen LogP contribution in [-0.2, 0) is 6.54 Å². The smallest absolute Gasteiger partial charge is 0.126 e. The van der Waals surface area contributed by atoms with Gasteiger partial charge in [0, 0.05) is 11.1 Å². The van der Waals surface area contributed by atoms with Crippen LogP contribution in [-0.4, -0.2) is 15.1 Å². The number of fused-ring (bicyclic) bond motifs is 1. The molecule has 0 aliphatic rings. The van der Waals surface area contributed by atoms with Gasteiger partial charge in [0.15, 0.2) is 0 Å². The van der Waals surface area contributed by atoms with Crippen LogP contribution < -0.4 is 5.32 Å². The first kappa shape index (κ1) is 12.4. The zero-order valence-corrected chi connectivity index (χ0v) is 11.2. The molecule has 100 valence electrons. The van der Waals surface area contributed by atoms with Gasteiger partial charge in [-0.1, -0.05) is 18.2 Å². The molecule has 0 saturated carbocycles. The highest BCUT2D eigenvalue weighted by molar-refractivity contribution is 5.81. The SMILES string of the molecule is Cc1nc(CNc2ccc(O)cc2)c2ccccc2n1. The molecule has 0 unspecified atom stereocenters. The molecular formula is C16H15N3O. The molecule has 0 aliphatic heterocycles. The van der Waals surface area contributed by atoms with Gasteiger partial charge in [-0.25, -0.2) is 9.97 Å². The lowest BCUT2D eigenvalue weighted by atomic mass is 10.2. The van der Waals surface area contributed by atoms with E-state index in [9.17, 15) is 5.11 Å². The van der Waals surface area contributed by atoms with Crippen LogP contribution in [0.25, 0.3) is 10.9 Å². The van der Waals surface area contributed by atoms with E-state index in [0.29, 0.717) is 6.54 Å². The summed E-state index contributed by atoms with van der Waals surface area (Å²) in [6.07, 6.45) is 0. The summed E-state index contributed by atoms with van der Waals surface area (Å²) in [6, 6.07) is 15.0. The third-order valence-corrected chi connectivity index (χ3v) is 3.12. The first-order valence-electron chi connectivity index (χ1n) is 6.47. The van der Waals surface area contributed by atoms with Gasteiger partial charge in [-0.3, -0.25) is 0 Å². The molecule has 0 bridgehead atoms. The minimum absolute atomic E-state index is 0.263. The van der Waals surface area contributed by atoms with E-state index in [1.54, 1.807) is 12.1 Å². The van der Waals surface area contributed by atoms with Crippen molar-refractivity contribution in [2.75, 3.05) is 5.32 Å². The number of aromatic nitrogens is 2. The van der Waals surface area contributed by atoms with Gasteiger partial charge in [-0.15, -0.1) is 0 Å². The quantitative estimate of drug-likeness (QED) is 0.714. The number of anilines is 1. The monoisotopic (exact) mass is 265 g/mol. The first-order chi connectivity index (χ1) is 9.72. The number of rotatable bonds is 3. The molecule has 0 amide bonds. The van der Waals surface area contributed by atoms with E-state index in [2.05, 4.69) is 15.3 Å². The number of para-hydroxylation sites is 1. The topological polar surface area (TPSA) is 58.0 Å². The van der Waals surface area contributed by atoms with Crippen LogP contribution in [0, 0.1) is 6.92 Å². The normalized spacial score (nSPS) is 10.7. The van der Waals surface area contributed by atoms with E-state index in [-0.39, 0.29) is 5.75 Å². The Kier molecular flexibility index (Phi) is 3.21. The van der Waals surface area contributed by atoms with E-state index in [1.165, 1.54) is 0 Å². The van der Waals surface area contributed by atoms with E-state index in [0.717, 1.165) is 28.1 Å². The van der Waals surface area contributed by atoms with Crippen molar-refractivity contribution in [2.45, 2.75) is 13.5 Å². The van der Waals surface area contributed by atoms with Crippen LogP contribution in [0.2, 0.25) is 0 Å². The van der Waals surface area contributed by atoms with Crippen LogP contribution in [0.4, 0.5) is 5.69 Å². The van der Waals surface area contributed by atoms with E-state index in [4.69, 9.17) is 0 Å². The summed E-state index contributed by atoms with van der Waals surface area (Å²) in [5.74, 6) is 1.03. The lowest BCUT2D eigenvalue weighted by Gasteiger charge is -2.09. The van der Waals surface area contributed by atoms with Gasteiger partial charge in [-0.2, -0.15) is 0 Å². The number of benzene rings is 2. The molecule has 0 aliphatic carbocycles. The van der Waals surface area contributed by atoms with E-state index < -0.39 is 0 Å². The Morgan fingerprint density at radius 1 is 1.00 bits per heavy atom. The molecule has 0 fully saturated rings. The summed E-state index contributed by atoms with van der Waals surface area (Å²) in [6.45, 7) is 2.52. The second-order valence-electron chi connectivity index (χ2n) is 4.64. The summed E-state index contributed by atoms with van der Waals surface area (Å²) < 4.78 is 0. The van der Waals surface area contributed by atoms with Gasteiger partial charge in [0.2, 0.25) is 0 Å². The predicted octanol–water partition coefficient (Wildman–Crippen LogP) is 3.26. The number of nitrogens with one attached hydrogen (secondary N) is 1. The molecule has 0 atom stereocenters. The Balaban J connectivity index is 1.88. The fourth-order valence-corrected chi connectivity index (χ4v) is 2.17. The Morgan fingerprint density at radius 2 is 1.75 bits per heavy atom. The summed E-state index contributed by atoms with van der Waals surface area (Å²) >= 11 is 0. The highest BCUT2D eigenvalue weighted by atomic mass is 16.3. The van der Waals surface area contributed by atoms with Crippen molar-refractivity contribution in [3.63, 3.8) is 0 Å². The number of aryl methyl sites for hydroxylation is 1. The van der Waals surface area contributed by atoms with Crippen molar-refractivity contribution in [2.24, 2.45) is 0 Å². The average molecular weight is 265 g/mol. The molecule has 1 heterocycles. The van der Waals surface area contributed by atoms with Crippen LogP contribution in [0.3, 0.4) is 0 Å². The Morgan fingerprint density at radius 3 is 2.55 bits per heavy atom. The third kappa shape index (κ3) is 2.54. The Labute approximate surface area is 117 Å². The predicted molar refractivity (Wildman–Crippen MR) is 79.7 cm³/mol. The summed E-state index contributed by atoms with van der Waals surface area (Å²) in [5.41, 5.74) is 2.88. The average Bonchev–Trinajstić information content (AvgIpc) is 2.46. The summed E-state index contributed by atoms with van der Waals surface area (Å²) in [7, 11) is 0. The second kappa shape index (κ2) is 5.17. The van der Waals surface area contributed by atoms with Crippen molar-refractivity contribution in [3.05, 3.63) is 60.0 Å². The second-order valence-corrected chi connectivity index (χ2v) is 4.64. The van der Waals surface area contributed by atoms with Crippen molar-refractivity contribution >= 4 is 16.6 Å². The fourth-order valence-electron chi connectivity index (χ4n) is 2.17. The zero-order valence-electron chi connectivity index (χ0n) is 11.2. The maximum absolute atomic E-state index is 9.27. The minimum Gasteiger partial charge on any atom is -0.508 e. The number of phenolic OH excluding ortho intramolecular Hbond substituents is 1. The molecule has 2 N–H and O–H groups in total. The van der Waals surface area contributed by atoms with Crippen LogP contribution in [0.15, 0.2) is 48.5 Å². The Bertz CT molecular complexity index is 738. The van der Waals surface area contributed by atoms with Crippen LogP contribution in [0.5, 0.6) is 5.75 Å². The van der Waals surface area contributed by atoms with Gasteiger partial charge in [0.05, 0.1) is 17.8 Å². The highest BCUT2D eigenvalue weighted by Crippen LogP contribution is 2.18. The van der Waals surface area contributed by atoms with Crippen molar-refractivity contribution in [3.8, 4) is 5.75 Å². The van der Waals surface area contributed by atoms with Gasteiger partial charge >= 0.3 is 0 Å². The number of nitrogens with zero attached hydrogens (tertiary/aromatic N) is 2. The van der Waals surface area contributed by atoms with Gasteiger partial charge in [0.1, 0.15) is 11.6 Å². The van der Waals surface area contributed by atoms with E-state index >= 15 is 0 Å². The molecule has 0 radical (unpaired) electrons. The van der Waals surface area contributed by atoms with Crippen molar-refractivity contribution in [1.82, 2.24) is 9.97 Å². The van der Waals surface area contributed by atoms with Crippen molar-refractivity contribution in [1.29, 1.82) is 0 Å². The standard InChI is InChI=1S/C16H15N3O/c1-11-18-15-5-3-2-4-14(15)16(19-11)10-17-12-6-8-13(20)9-7-12/h2-9,17,20H,10H2,1H3. The maximum atomic E-state index is 9.27. The summed E-state index contributed by atoms with van der Waals surface area (Å²) in [4.78, 5) is 8.94. The van der Waals surface area contributed by atoms with Crippen LogP contribution >= 0.6 is 0 Å². The number of phenols is 1. The molecule has 2 aromatic carbocycles. The number of hydrogen-bond donors (Lipinski definition) is 2. The molecule has 1 aromatic heterocycles. The Hall–Kier alpha value is -2.62. The zero-order chi connectivity index (χ0) is 13.9. The lowest BCUT2D eigenvalue weighted by molar-refractivity contribution is 0.475. The number of aromatic hydroxyl groups is 1. The molecule has 0 saturated heterocycles. The van der Waals surface area contributed by atoms with Gasteiger partial charge < -0.3 is 10.4 Å². The first-order valence-corrected chi connectivity index (χ1v) is 6.47. The highest BCUT2D eigenvalue weighted by Gasteiger charge is 2.05. The minimum atomic E-state index is 0.263. The molecule has 4 heteroatoms. The largest absolute Gasteiger partial charge is 0.508 e. The third-order valence-electron chi connectivity index (χ3n) is 3.12. The molecule has 20 heavy (non-hydrogen) atoms. The summed E-state index contributed by atoms with van der Waals surface area (Å²) in [5, 5.41) is 13.6. The van der Waals surface area contributed by atoms with Crippen molar-refractivity contribution < 1.29 is 5.11 Å². The molecular weight excluding hydrogens is 250 g/mol. The molecule has 0 spiro atoms. The lowest BCUT2D eigenvalue weighted by Crippen LogP contribution is -2.04. The number of hydrogen-bond acceptors (Lipinski definition) is 4. The van der Waals surface area contributed by atoms with Gasteiger partial charge in [-0.05, 0) is 37.3 Å². The molecule has 4 nitrogen and oxygen atoms in total. The van der Waals surface area contributed by atoms with Gasteiger partial charge in [0.25, 0.3) is 0 Å². The van der Waals surface area contributed by atoms with E-state index in [1.807, 2.05) is 43.3 Å². The fraction of sp³-hybridized carbons (Fsp3) is 0.125. The van der Waals surface area contributed by atoms with Crippen LogP contribution in [0.1, 0.15) is 11.5 Å². The maximum Gasteiger partial charge on any atom is 0.126 e. The molecule has 3 aromatic rings.